The van der Waals surface area contributed by atoms with Gasteiger partial charge in [0, 0.05) is 6.54 Å². The standard InChI is InChI=1S/C15H21N3O/c16-18-14-4-2-1-3-12(14)15(19)17-9-13(10-5-6-10)11-7-8-11/h1-4,10-11,13,18H,5-9,16H2,(H,17,19). The summed E-state index contributed by atoms with van der Waals surface area (Å²) < 4.78 is 0. The van der Waals surface area contributed by atoms with E-state index in [1.807, 2.05) is 18.2 Å². The highest BCUT2D eigenvalue weighted by Gasteiger charge is 2.41. The number of hydrogen-bond acceptors (Lipinski definition) is 3. The van der Waals surface area contributed by atoms with Crippen LogP contribution < -0.4 is 16.6 Å². The van der Waals surface area contributed by atoms with E-state index in [0.29, 0.717) is 17.2 Å². The Bertz CT molecular complexity index is 454. The molecule has 0 radical (unpaired) electrons. The van der Waals surface area contributed by atoms with Crippen LogP contribution in [-0.4, -0.2) is 12.5 Å². The molecule has 3 rings (SSSR count). The molecular formula is C15H21N3O. The quantitative estimate of drug-likeness (QED) is 0.541. The lowest BCUT2D eigenvalue weighted by Crippen LogP contribution is -2.31. The number of nitrogens with two attached hydrogens (primary N) is 1. The van der Waals surface area contributed by atoms with Gasteiger partial charge in [0.05, 0.1) is 11.3 Å². The van der Waals surface area contributed by atoms with Crippen LogP contribution in [0.25, 0.3) is 0 Å². The third-order valence-corrected chi connectivity index (χ3v) is 4.28. The van der Waals surface area contributed by atoms with E-state index in [-0.39, 0.29) is 5.91 Å². The fraction of sp³-hybridized carbons (Fsp3) is 0.533. The van der Waals surface area contributed by atoms with Gasteiger partial charge in [-0.2, -0.15) is 0 Å². The second-order valence-corrected chi connectivity index (χ2v) is 5.74. The monoisotopic (exact) mass is 259 g/mol. The molecule has 2 fully saturated rings. The van der Waals surface area contributed by atoms with Crippen LogP contribution >= 0.6 is 0 Å². The molecule has 4 nitrogen and oxygen atoms in total. The zero-order chi connectivity index (χ0) is 13.2. The summed E-state index contributed by atoms with van der Waals surface area (Å²) in [5, 5.41) is 3.08. The number of rotatable bonds is 6. The lowest BCUT2D eigenvalue weighted by atomic mass is 9.98. The Morgan fingerprint density at radius 3 is 2.42 bits per heavy atom. The Hall–Kier alpha value is -1.55. The molecule has 0 spiro atoms. The predicted octanol–water partition coefficient (Wildman–Crippen LogP) is 2.14. The number of carbonyl (C=O) groups is 1. The normalized spacial score (nSPS) is 18.4. The van der Waals surface area contributed by atoms with Crippen molar-refractivity contribution in [2.75, 3.05) is 12.0 Å². The lowest BCUT2D eigenvalue weighted by molar-refractivity contribution is 0.0944. The summed E-state index contributed by atoms with van der Waals surface area (Å²) in [5.74, 6) is 7.81. The maximum Gasteiger partial charge on any atom is 0.253 e. The molecule has 0 unspecified atom stereocenters. The molecular weight excluding hydrogens is 238 g/mol. The molecule has 102 valence electrons. The Kier molecular flexibility index (Phi) is 3.42. The second-order valence-electron chi connectivity index (χ2n) is 5.74. The Labute approximate surface area is 113 Å². The largest absolute Gasteiger partial charge is 0.352 e. The molecule has 2 saturated carbocycles. The van der Waals surface area contributed by atoms with Crippen LogP contribution in [0.5, 0.6) is 0 Å². The number of nitrogen functional groups attached to an aromatic ring is 1. The maximum atomic E-state index is 12.2. The number of benzene rings is 1. The van der Waals surface area contributed by atoms with Crippen molar-refractivity contribution in [2.45, 2.75) is 25.7 Å². The van der Waals surface area contributed by atoms with E-state index in [1.54, 1.807) is 6.07 Å². The maximum absolute atomic E-state index is 12.2. The van der Waals surface area contributed by atoms with E-state index >= 15 is 0 Å². The second kappa shape index (κ2) is 5.21. The van der Waals surface area contributed by atoms with Gasteiger partial charge in [0.15, 0.2) is 0 Å². The first kappa shape index (κ1) is 12.5. The van der Waals surface area contributed by atoms with Gasteiger partial charge in [-0.05, 0) is 55.6 Å². The van der Waals surface area contributed by atoms with Crippen molar-refractivity contribution in [3.8, 4) is 0 Å². The van der Waals surface area contributed by atoms with Gasteiger partial charge in [-0.15, -0.1) is 0 Å². The van der Waals surface area contributed by atoms with Crippen LogP contribution in [0.4, 0.5) is 5.69 Å². The van der Waals surface area contributed by atoms with Crippen molar-refractivity contribution >= 4 is 11.6 Å². The molecule has 19 heavy (non-hydrogen) atoms. The van der Waals surface area contributed by atoms with Crippen LogP contribution in [0.2, 0.25) is 0 Å². The van der Waals surface area contributed by atoms with E-state index in [9.17, 15) is 4.79 Å². The van der Waals surface area contributed by atoms with Gasteiger partial charge < -0.3 is 10.7 Å². The van der Waals surface area contributed by atoms with Gasteiger partial charge in [-0.1, -0.05) is 12.1 Å². The average Bonchev–Trinajstić information content (AvgIpc) is 3.31. The molecule has 4 heteroatoms. The molecule has 0 bridgehead atoms. The van der Waals surface area contributed by atoms with E-state index in [2.05, 4.69) is 10.7 Å². The van der Waals surface area contributed by atoms with Crippen molar-refractivity contribution in [1.82, 2.24) is 5.32 Å². The number of amides is 1. The highest BCUT2D eigenvalue weighted by atomic mass is 16.1. The third-order valence-electron chi connectivity index (χ3n) is 4.28. The van der Waals surface area contributed by atoms with Crippen LogP contribution in [0.3, 0.4) is 0 Å². The minimum Gasteiger partial charge on any atom is -0.352 e. The van der Waals surface area contributed by atoms with E-state index < -0.39 is 0 Å². The van der Waals surface area contributed by atoms with Crippen LogP contribution in [0.15, 0.2) is 24.3 Å². The zero-order valence-corrected chi connectivity index (χ0v) is 11.1. The topological polar surface area (TPSA) is 67.1 Å². The summed E-state index contributed by atoms with van der Waals surface area (Å²) in [5.41, 5.74) is 3.87. The Morgan fingerprint density at radius 1 is 1.21 bits per heavy atom. The summed E-state index contributed by atoms with van der Waals surface area (Å²) >= 11 is 0. The van der Waals surface area contributed by atoms with Gasteiger partial charge in [0.2, 0.25) is 0 Å². The molecule has 0 heterocycles. The predicted molar refractivity (Wildman–Crippen MR) is 75.5 cm³/mol. The van der Waals surface area contributed by atoms with Crippen LogP contribution in [-0.2, 0) is 0 Å². The van der Waals surface area contributed by atoms with Gasteiger partial charge in [0.1, 0.15) is 0 Å². The van der Waals surface area contributed by atoms with E-state index in [0.717, 1.165) is 18.4 Å². The molecule has 0 aliphatic heterocycles. The first-order valence-corrected chi connectivity index (χ1v) is 7.13. The average molecular weight is 259 g/mol. The molecule has 0 atom stereocenters. The van der Waals surface area contributed by atoms with Gasteiger partial charge in [0.25, 0.3) is 5.91 Å². The summed E-state index contributed by atoms with van der Waals surface area (Å²) in [7, 11) is 0. The number of para-hydroxylation sites is 1. The first-order valence-electron chi connectivity index (χ1n) is 7.13. The minimum absolute atomic E-state index is 0.0279. The Balaban J connectivity index is 1.61. The zero-order valence-electron chi connectivity index (χ0n) is 11.1. The summed E-state index contributed by atoms with van der Waals surface area (Å²) in [6.45, 7) is 0.813. The molecule has 1 aromatic rings. The molecule has 1 aromatic carbocycles. The smallest absolute Gasteiger partial charge is 0.253 e. The number of hydrazine groups is 1. The number of anilines is 1. The number of hydrogen-bond donors (Lipinski definition) is 3. The highest BCUT2D eigenvalue weighted by Crippen LogP contribution is 2.48. The van der Waals surface area contributed by atoms with Gasteiger partial charge >= 0.3 is 0 Å². The molecule has 2 aliphatic carbocycles. The molecule has 1 amide bonds. The fourth-order valence-corrected chi connectivity index (χ4v) is 2.88. The summed E-state index contributed by atoms with van der Waals surface area (Å²) in [6.07, 6.45) is 5.38. The van der Waals surface area contributed by atoms with Crippen LogP contribution in [0, 0.1) is 17.8 Å². The van der Waals surface area contributed by atoms with E-state index in [1.165, 1.54) is 25.7 Å². The molecule has 4 N–H and O–H groups in total. The molecule has 0 saturated heterocycles. The summed E-state index contributed by atoms with van der Waals surface area (Å²) in [6, 6.07) is 7.33. The van der Waals surface area contributed by atoms with Crippen molar-refractivity contribution < 1.29 is 4.79 Å². The molecule has 2 aliphatic rings. The lowest BCUT2D eigenvalue weighted by Gasteiger charge is -2.17. The third kappa shape index (κ3) is 2.89. The van der Waals surface area contributed by atoms with Crippen molar-refractivity contribution in [3.05, 3.63) is 29.8 Å². The molecule has 0 aromatic heterocycles. The van der Waals surface area contributed by atoms with Crippen molar-refractivity contribution in [1.29, 1.82) is 0 Å². The first-order chi connectivity index (χ1) is 9.29. The fourth-order valence-electron chi connectivity index (χ4n) is 2.88. The van der Waals surface area contributed by atoms with Gasteiger partial charge in [-0.25, -0.2) is 0 Å². The van der Waals surface area contributed by atoms with Crippen molar-refractivity contribution in [2.24, 2.45) is 23.6 Å². The van der Waals surface area contributed by atoms with Crippen LogP contribution in [0.1, 0.15) is 36.0 Å². The Morgan fingerprint density at radius 2 is 1.84 bits per heavy atom. The van der Waals surface area contributed by atoms with Crippen molar-refractivity contribution in [3.63, 3.8) is 0 Å². The number of carbonyl (C=O) groups excluding carboxylic acids is 1. The SMILES string of the molecule is NNc1ccccc1C(=O)NCC(C1CC1)C1CC1. The van der Waals surface area contributed by atoms with E-state index in [4.69, 9.17) is 5.84 Å². The summed E-state index contributed by atoms with van der Waals surface area (Å²) in [4.78, 5) is 12.2. The highest BCUT2D eigenvalue weighted by molar-refractivity contribution is 5.99. The number of nitrogens with one attached hydrogen (secondary N) is 2. The van der Waals surface area contributed by atoms with Gasteiger partial charge in [-0.3, -0.25) is 10.6 Å². The minimum atomic E-state index is -0.0279.